The molecule has 88 valence electrons. The Morgan fingerprint density at radius 3 is 2.87 bits per heavy atom. The van der Waals surface area contributed by atoms with Gasteiger partial charge in [-0.1, -0.05) is 6.42 Å². The third-order valence-corrected chi connectivity index (χ3v) is 2.61. The number of carbonyl (C=O) groups is 1. The molecule has 15 heavy (non-hydrogen) atoms. The van der Waals surface area contributed by atoms with E-state index < -0.39 is 5.60 Å². The Labute approximate surface area is 89.9 Å². The van der Waals surface area contributed by atoms with Crippen LogP contribution in [0.25, 0.3) is 0 Å². The van der Waals surface area contributed by atoms with E-state index in [1.807, 2.05) is 0 Å². The number of aliphatic hydroxyl groups excluding tert-OH is 1. The Hall–Kier alpha value is -0.650. The topological polar surface area (TPSA) is 81.6 Å². The lowest BCUT2D eigenvalue weighted by atomic mass is 10.0. The first-order valence-corrected chi connectivity index (χ1v) is 5.39. The van der Waals surface area contributed by atoms with E-state index in [4.69, 9.17) is 5.11 Å². The summed E-state index contributed by atoms with van der Waals surface area (Å²) in [6.07, 6.45) is 3.01. The molecule has 0 aromatic carbocycles. The second-order valence-electron chi connectivity index (χ2n) is 4.38. The van der Waals surface area contributed by atoms with Crippen LogP contribution in [0.1, 0.15) is 26.2 Å². The molecule has 2 atom stereocenters. The van der Waals surface area contributed by atoms with Gasteiger partial charge in [0.1, 0.15) is 5.60 Å². The van der Waals surface area contributed by atoms with Crippen LogP contribution in [0.15, 0.2) is 0 Å². The van der Waals surface area contributed by atoms with Crippen molar-refractivity contribution in [3.05, 3.63) is 0 Å². The van der Waals surface area contributed by atoms with Gasteiger partial charge in [-0.3, -0.25) is 4.79 Å². The minimum absolute atomic E-state index is 0.0838. The number of hydrogen-bond acceptors (Lipinski definition) is 4. The maximum Gasteiger partial charge on any atom is 0.237 e. The van der Waals surface area contributed by atoms with Gasteiger partial charge in [0.2, 0.25) is 5.91 Å². The number of piperidine rings is 1. The van der Waals surface area contributed by atoms with Crippen LogP contribution in [0, 0.1) is 0 Å². The Kier molecular flexibility index (Phi) is 4.50. The van der Waals surface area contributed by atoms with E-state index in [0.29, 0.717) is 0 Å². The zero-order chi connectivity index (χ0) is 11.3. The minimum Gasteiger partial charge on any atom is -0.393 e. The molecule has 5 heteroatoms. The van der Waals surface area contributed by atoms with E-state index in [0.717, 1.165) is 25.8 Å². The molecule has 1 aliphatic heterocycles. The lowest BCUT2D eigenvalue weighted by Crippen LogP contribution is -2.51. The molecule has 1 fully saturated rings. The normalized spacial score (nSPS) is 25.7. The van der Waals surface area contributed by atoms with Crippen molar-refractivity contribution in [3.8, 4) is 0 Å². The summed E-state index contributed by atoms with van der Waals surface area (Å²) < 4.78 is 0. The monoisotopic (exact) mass is 216 g/mol. The van der Waals surface area contributed by atoms with Gasteiger partial charge < -0.3 is 20.8 Å². The van der Waals surface area contributed by atoms with Crippen molar-refractivity contribution in [2.45, 2.75) is 37.8 Å². The van der Waals surface area contributed by atoms with Gasteiger partial charge in [-0.05, 0) is 26.3 Å². The van der Waals surface area contributed by atoms with Crippen LogP contribution in [0.4, 0.5) is 0 Å². The predicted molar refractivity (Wildman–Crippen MR) is 56.4 cm³/mol. The van der Waals surface area contributed by atoms with Gasteiger partial charge in [0.25, 0.3) is 0 Å². The van der Waals surface area contributed by atoms with Crippen LogP contribution in [-0.4, -0.2) is 47.5 Å². The standard InChI is InChI=1S/C10H20N2O3/c1-10(15,7-13)6-12-9(14)8-4-2-3-5-11-8/h8,11,13,15H,2-7H2,1H3,(H,12,14). The number of hydrogen-bond donors (Lipinski definition) is 4. The molecule has 4 N–H and O–H groups in total. The van der Waals surface area contributed by atoms with Crippen molar-refractivity contribution in [2.24, 2.45) is 0 Å². The fraction of sp³-hybridized carbons (Fsp3) is 0.900. The van der Waals surface area contributed by atoms with Gasteiger partial charge in [-0.2, -0.15) is 0 Å². The first-order chi connectivity index (χ1) is 7.05. The summed E-state index contributed by atoms with van der Waals surface area (Å²) in [6.45, 7) is 2.09. The lowest BCUT2D eigenvalue weighted by molar-refractivity contribution is -0.125. The van der Waals surface area contributed by atoms with Crippen molar-refractivity contribution in [1.82, 2.24) is 10.6 Å². The number of carbonyl (C=O) groups excluding carboxylic acids is 1. The largest absolute Gasteiger partial charge is 0.393 e. The highest BCUT2D eigenvalue weighted by Crippen LogP contribution is 2.07. The summed E-state index contributed by atoms with van der Waals surface area (Å²) in [5.41, 5.74) is -1.23. The fourth-order valence-electron chi connectivity index (χ4n) is 1.53. The van der Waals surface area contributed by atoms with E-state index in [1.165, 1.54) is 6.92 Å². The van der Waals surface area contributed by atoms with Crippen LogP contribution in [0.5, 0.6) is 0 Å². The second kappa shape index (κ2) is 5.44. The average Bonchev–Trinajstić information content (AvgIpc) is 2.27. The zero-order valence-corrected chi connectivity index (χ0v) is 9.12. The van der Waals surface area contributed by atoms with Crippen LogP contribution < -0.4 is 10.6 Å². The van der Waals surface area contributed by atoms with E-state index in [-0.39, 0.29) is 25.1 Å². The smallest absolute Gasteiger partial charge is 0.237 e. The number of aliphatic hydroxyl groups is 2. The first-order valence-electron chi connectivity index (χ1n) is 5.39. The molecule has 1 rings (SSSR count). The summed E-state index contributed by atoms with van der Waals surface area (Å²) in [4.78, 5) is 11.6. The van der Waals surface area contributed by atoms with Crippen LogP contribution in [-0.2, 0) is 4.79 Å². The summed E-state index contributed by atoms with van der Waals surface area (Å²) in [7, 11) is 0. The molecule has 0 aromatic heterocycles. The number of amides is 1. The third-order valence-electron chi connectivity index (χ3n) is 2.61. The van der Waals surface area contributed by atoms with Crippen LogP contribution >= 0.6 is 0 Å². The molecular formula is C10H20N2O3. The molecule has 1 aliphatic rings. The highest BCUT2D eigenvalue weighted by Gasteiger charge is 2.24. The van der Waals surface area contributed by atoms with Gasteiger partial charge in [0.15, 0.2) is 0 Å². The minimum atomic E-state index is -1.23. The summed E-state index contributed by atoms with van der Waals surface area (Å²) in [5.74, 6) is -0.0941. The molecule has 0 saturated carbocycles. The van der Waals surface area contributed by atoms with Gasteiger partial charge in [0.05, 0.1) is 12.6 Å². The highest BCUT2D eigenvalue weighted by molar-refractivity contribution is 5.81. The van der Waals surface area contributed by atoms with Gasteiger partial charge in [-0.15, -0.1) is 0 Å². The molecule has 0 spiro atoms. The molecular weight excluding hydrogens is 196 g/mol. The van der Waals surface area contributed by atoms with E-state index in [1.54, 1.807) is 0 Å². The molecule has 0 radical (unpaired) electrons. The molecule has 0 aromatic rings. The number of rotatable bonds is 4. The van der Waals surface area contributed by atoms with E-state index in [9.17, 15) is 9.90 Å². The average molecular weight is 216 g/mol. The molecule has 0 bridgehead atoms. The second-order valence-corrected chi connectivity index (χ2v) is 4.38. The van der Waals surface area contributed by atoms with Gasteiger partial charge in [0, 0.05) is 6.54 Å². The van der Waals surface area contributed by atoms with Crippen molar-refractivity contribution in [1.29, 1.82) is 0 Å². The maximum atomic E-state index is 11.6. The molecule has 5 nitrogen and oxygen atoms in total. The molecule has 2 unspecified atom stereocenters. The summed E-state index contributed by atoms with van der Waals surface area (Å²) >= 11 is 0. The highest BCUT2D eigenvalue weighted by atomic mass is 16.3. The molecule has 0 aliphatic carbocycles. The first kappa shape index (κ1) is 12.4. The Morgan fingerprint density at radius 1 is 1.60 bits per heavy atom. The number of nitrogens with one attached hydrogen (secondary N) is 2. The Bertz CT molecular complexity index is 213. The Morgan fingerprint density at radius 2 is 2.33 bits per heavy atom. The lowest BCUT2D eigenvalue weighted by Gasteiger charge is -2.25. The SMILES string of the molecule is CC(O)(CO)CNC(=O)C1CCCCN1. The van der Waals surface area contributed by atoms with Crippen molar-refractivity contribution < 1.29 is 15.0 Å². The molecule has 1 amide bonds. The summed E-state index contributed by atoms with van der Waals surface area (Å²) in [6, 6.07) is -0.145. The van der Waals surface area contributed by atoms with Gasteiger partial charge >= 0.3 is 0 Å². The van der Waals surface area contributed by atoms with Crippen LogP contribution in [0.3, 0.4) is 0 Å². The van der Waals surface area contributed by atoms with Gasteiger partial charge in [-0.25, -0.2) is 0 Å². The van der Waals surface area contributed by atoms with Crippen molar-refractivity contribution in [2.75, 3.05) is 19.7 Å². The summed E-state index contributed by atoms with van der Waals surface area (Å²) in [5, 5.41) is 24.0. The van der Waals surface area contributed by atoms with Crippen molar-refractivity contribution >= 4 is 5.91 Å². The van der Waals surface area contributed by atoms with Crippen molar-refractivity contribution in [3.63, 3.8) is 0 Å². The van der Waals surface area contributed by atoms with E-state index in [2.05, 4.69) is 10.6 Å². The Balaban J connectivity index is 2.28. The van der Waals surface area contributed by atoms with E-state index >= 15 is 0 Å². The molecule has 1 saturated heterocycles. The quantitative estimate of drug-likeness (QED) is 0.485. The fourth-order valence-corrected chi connectivity index (χ4v) is 1.53. The third kappa shape index (κ3) is 4.15. The zero-order valence-electron chi connectivity index (χ0n) is 9.12. The predicted octanol–water partition coefficient (Wildman–Crippen LogP) is -1.01. The van der Waals surface area contributed by atoms with Crippen LogP contribution in [0.2, 0.25) is 0 Å². The molecule has 1 heterocycles. The maximum absolute atomic E-state index is 11.6.